The normalized spacial score (nSPS) is 34.9. The Morgan fingerprint density at radius 2 is 1.88 bits per heavy atom. The highest BCUT2D eigenvalue weighted by Crippen LogP contribution is 2.56. The second-order valence-electron chi connectivity index (χ2n) is 5.19. The Morgan fingerprint density at radius 1 is 1.12 bits per heavy atom. The molecule has 1 aromatic rings. The standard InChI is InChI=1S/C14H13Cl2N/c15-12-4-3-10(6-13(12)16)14-9-2-1-8(5-9)11(14)7-17/h3-4,6,8-9,11,14H,1-2,5H2/t8-,9+,11-,14-/m1/s1. The summed E-state index contributed by atoms with van der Waals surface area (Å²) in [5.74, 6) is 1.81. The van der Waals surface area contributed by atoms with Gasteiger partial charge in [-0.25, -0.2) is 0 Å². The van der Waals surface area contributed by atoms with E-state index in [2.05, 4.69) is 6.07 Å². The number of nitrogens with zero attached hydrogens (tertiary/aromatic N) is 1. The zero-order chi connectivity index (χ0) is 12.0. The number of hydrogen-bond donors (Lipinski definition) is 0. The Balaban J connectivity index is 1.98. The third kappa shape index (κ3) is 1.75. The van der Waals surface area contributed by atoms with E-state index in [-0.39, 0.29) is 5.92 Å². The molecule has 2 aliphatic carbocycles. The summed E-state index contributed by atoms with van der Waals surface area (Å²) < 4.78 is 0. The molecule has 3 heteroatoms. The van der Waals surface area contributed by atoms with E-state index in [1.807, 2.05) is 18.2 Å². The highest BCUT2D eigenvalue weighted by Gasteiger charge is 2.48. The van der Waals surface area contributed by atoms with E-state index in [9.17, 15) is 5.26 Å². The maximum Gasteiger partial charge on any atom is 0.0665 e. The van der Waals surface area contributed by atoms with E-state index < -0.39 is 0 Å². The Kier molecular flexibility index (Phi) is 2.81. The van der Waals surface area contributed by atoms with Crippen LogP contribution in [0.2, 0.25) is 10.0 Å². The highest BCUT2D eigenvalue weighted by molar-refractivity contribution is 6.42. The summed E-state index contributed by atoms with van der Waals surface area (Å²) in [6, 6.07) is 8.32. The molecule has 0 aromatic heterocycles. The Hall–Kier alpha value is -0.710. The first-order valence-electron chi connectivity index (χ1n) is 6.05. The molecule has 17 heavy (non-hydrogen) atoms. The molecule has 0 saturated heterocycles. The van der Waals surface area contributed by atoms with E-state index in [1.54, 1.807) is 0 Å². The molecule has 3 rings (SSSR count). The van der Waals surface area contributed by atoms with Crippen molar-refractivity contribution in [3.8, 4) is 6.07 Å². The lowest BCUT2D eigenvalue weighted by Crippen LogP contribution is -2.19. The van der Waals surface area contributed by atoms with Gasteiger partial charge in [0.25, 0.3) is 0 Å². The van der Waals surface area contributed by atoms with Crippen molar-refractivity contribution in [1.29, 1.82) is 5.26 Å². The first-order chi connectivity index (χ1) is 8.20. The minimum Gasteiger partial charge on any atom is -0.198 e. The molecule has 2 aliphatic rings. The SMILES string of the molecule is N#C[C@@H]1[C@@H]2CC[C@@H](C2)[C@@H]1c1ccc(Cl)c(Cl)c1. The van der Waals surface area contributed by atoms with Gasteiger partial charge in [0.15, 0.2) is 0 Å². The van der Waals surface area contributed by atoms with Crippen LogP contribution in [0.1, 0.15) is 30.7 Å². The summed E-state index contributed by atoms with van der Waals surface area (Å²) in [5.41, 5.74) is 1.19. The minimum atomic E-state index is 0.172. The molecule has 1 nitrogen and oxygen atoms in total. The van der Waals surface area contributed by atoms with E-state index in [1.165, 1.54) is 24.8 Å². The average molecular weight is 266 g/mol. The maximum atomic E-state index is 9.33. The van der Waals surface area contributed by atoms with Gasteiger partial charge >= 0.3 is 0 Å². The third-order valence-electron chi connectivity index (χ3n) is 4.39. The van der Waals surface area contributed by atoms with Gasteiger partial charge in [-0.2, -0.15) is 5.26 Å². The smallest absolute Gasteiger partial charge is 0.0665 e. The Labute approximate surface area is 111 Å². The van der Waals surface area contributed by atoms with Crippen molar-refractivity contribution >= 4 is 23.2 Å². The van der Waals surface area contributed by atoms with Crippen molar-refractivity contribution in [3.63, 3.8) is 0 Å². The average Bonchev–Trinajstić information content (AvgIpc) is 2.92. The van der Waals surface area contributed by atoms with Gasteiger partial charge in [-0.3, -0.25) is 0 Å². The van der Waals surface area contributed by atoms with Crippen LogP contribution in [0.25, 0.3) is 0 Å². The fourth-order valence-corrected chi connectivity index (χ4v) is 3.98. The molecule has 0 amide bonds. The minimum absolute atomic E-state index is 0.172. The molecule has 2 bridgehead atoms. The second kappa shape index (κ2) is 4.19. The summed E-state index contributed by atoms with van der Waals surface area (Å²) in [7, 11) is 0. The zero-order valence-electron chi connectivity index (χ0n) is 9.37. The van der Waals surface area contributed by atoms with Gasteiger partial charge < -0.3 is 0 Å². The van der Waals surface area contributed by atoms with Gasteiger partial charge in [-0.05, 0) is 48.8 Å². The number of fused-ring (bicyclic) bond motifs is 2. The molecule has 88 valence electrons. The Morgan fingerprint density at radius 3 is 2.59 bits per heavy atom. The van der Waals surface area contributed by atoms with Crippen LogP contribution >= 0.6 is 23.2 Å². The largest absolute Gasteiger partial charge is 0.198 e. The summed E-state index contributed by atoms with van der Waals surface area (Å²) in [6.45, 7) is 0. The predicted octanol–water partition coefficient (Wildman–Crippen LogP) is 4.65. The van der Waals surface area contributed by atoms with Gasteiger partial charge in [0.05, 0.1) is 22.0 Å². The monoisotopic (exact) mass is 265 g/mol. The molecule has 1 aromatic carbocycles. The molecule has 0 radical (unpaired) electrons. The molecule has 0 unspecified atom stereocenters. The lowest BCUT2D eigenvalue weighted by Gasteiger charge is -2.26. The van der Waals surface area contributed by atoms with Crippen molar-refractivity contribution in [1.82, 2.24) is 0 Å². The topological polar surface area (TPSA) is 23.8 Å². The van der Waals surface area contributed by atoms with Crippen LogP contribution in [0.15, 0.2) is 18.2 Å². The molecular formula is C14H13Cl2N. The van der Waals surface area contributed by atoms with Crippen molar-refractivity contribution in [2.24, 2.45) is 17.8 Å². The quantitative estimate of drug-likeness (QED) is 0.726. The predicted molar refractivity (Wildman–Crippen MR) is 69.1 cm³/mol. The molecule has 4 atom stereocenters. The number of halogens is 2. The molecular weight excluding hydrogens is 253 g/mol. The fourth-order valence-electron chi connectivity index (χ4n) is 3.68. The van der Waals surface area contributed by atoms with E-state index in [0.717, 1.165) is 0 Å². The summed E-state index contributed by atoms with van der Waals surface area (Å²) in [6.07, 6.45) is 3.69. The van der Waals surface area contributed by atoms with E-state index in [0.29, 0.717) is 27.8 Å². The van der Waals surface area contributed by atoms with Gasteiger partial charge in [0.2, 0.25) is 0 Å². The number of hydrogen-bond acceptors (Lipinski definition) is 1. The van der Waals surface area contributed by atoms with Gasteiger partial charge in [0, 0.05) is 5.92 Å². The van der Waals surface area contributed by atoms with Crippen molar-refractivity contribution < 1.29 is 0 Å². The lowest BCUT2D eigenvalue weighted by atomic mass is 9.76. The third-order valence-corrected chi connectivity index (χ3v) is 5.13. The first-order valence-corrected chi connectivity index (χ1v) is 6.81. The summed E-state index contributed by atoms with van der Waals surface area (Å²) in [4.78, 5) is 0. The molecule has 2 saturated carbocycles. The molecule has 0 spiro atoms. The van der Waals surface area contributed by atoms with Gasteiger partial charge in [-0.15, -0.1) is 0 Å². The Bertz CT molecular complexity index is 491. The first kappa shape index (κ1) is 11.4. The second-order valence-corrected chi connectivity index (χ2v) is 6.00. The van der Waals surface area contributed by atoms with E-state index in [4.69, 9.17) is 23.2 Å². The maximum absolute atomic E-state index is 9.33. The van der Waals surface area contributed by atoms with E-state index >= 15 is 0 Å². The molecule has 2 fully saturated rings. The molecule has 0 aliphatic heterocycles. The number of nitriles is 1. The van der Waals surface area contributed by atoms with Crippen LogP contribution < -0.4 is 0 Å². The summed E-state index contributed by atoms with van der Waals surface area (Å²) in [5, 5.41) is 10.5. The molecule has 0 N–H and O–H groups in total. The van der Waals surface area contributed by atoms with Crippen molar-refractivity contribution in [2.45, 2.75) is 25.2 Å². The number of benzene rings is 1. The zero-order valence-corrected chi connectivity index (χ0v) is 10.9. The number of rotatable bonds is 1. The van der Waals surface area contributed by atoms with Gasteiger partial charge in [0.1, 0.15) is 0 Å². The van der Waals surface area contributed by atoms with Gasteiger partial charge in [-0.1, -0.05) is 29.3 Å². The fraction of sp³-hybridized carbons (Fsp3) is 0.500. The highest BCUT2D eigenvalue weighted by atomic mass is 35.5. The van der Waals surface area contributed by atoms with Crippen LogP contribution in [-0.2, 0) is 0 Å². The van der Waals surface area contributed by atoms with Crippen molar-refractivity contribution in [2.75, 3.05) is 0 Å². The van der Waals surface area contributed by atoms with Crippen LogP contribution in [0, 0.1) is 29.1 Å². The van der Waals surface area contributed by atoms with Crippen LogP contribution in [-0.4, -0.2) is 0 Å². The lowest BCUT2D eigenvalue weighted by molar-refractivity contribution is 0.349. The van der Waals surface area contributed by atoms with Crippen LogP contribution in [0.3, 0.4) is 0 Å². The molecule has 0 heterocycles. The summed E-state index contributed by atoms with van der Waals surface area (Å²) >= 11 is 12.0. The van der Waals surface area contributed by atoms with Crippen molar-refractivity contribution in [3.05, 3.63) is 33.8 Å². The van der Waals surface area contributed by atoms with Crippen LogP contribution in [0.4, 0.5) is 0 Å². The van der Waals surface area contributed by atoms with Crippen LogP contribution in [0.5, 0.6) is 0 Å².